The number of carboxylic acids is 1. The van der Waals surface area contributed by atoms with Crippen LogP contribution in [0.1, 0.15) is 42.1 Å². The van der Waals surface area contributed by atoms with Crippen LogP contribution >= 0.6 is 11.6 Å². The van der Waals surface area contributed by atoms with Crippen molar-refractivity contribution in [3.8, 4) is 11.1 Å². The molecule has 11 nitrogen and oxygen atoms in total. The van der Waals surface area contributed by atoms with Gasteiger partial charge in [0.15, 0.2) is 6.10 Å². The summed E-state index contributed by atoms with van der Waals surface area (Å²) in [6, 6.07) is 18.5. The zero-order valence-corrected chi connectivity index (χ0v) is 23.2. The predicted molar refractivity (Wildman–Crippen MR) is 155 cm³/mol. The minimum Gasteiger partial charge on any atom is -0.479 e. The number of nitrogens with one attached hydrogen (secondary N) is 1. The molecule has 0 radical (unpaired) electrons. The number of esters is 1. The van der Waals surface area contributed by atoms with Crippen molar-refractivity contribution in [3.05, 3.63) is 82.9 Å². The number of carbonyl (C=O) groups excluding carboxylic acids is 2. The number of aliphatic hydroxyl groups is 1. The highest BCUT2D eigenvalue weighted by molar-refractivity contribution is 6.30. The Kier molecular flexibility index (Phi) is 11.5. The maximum atomic E-state index is 13.2. The molecule has 0 saturated heterocycles. The van der Waals surface area contributed by atoms with E-state index in [9.17, 15) is 24.6 Å². The first-order chi connectivity index (χ1) is 19.6. The Bertz CT molecular complexity index is 1350. The maximum Gasteiger partial charge on any atom is 0.332 e. The first-order valence-electron chi connectivity index (χ1n) is 12.9. The lowest BCUT2D eigenvalue weighted by Gasteiger charge is -2.22. The molecule has 0 fully saturated rings. The average Bonchev–Trinajstić information content (AvgIpc) is 2.93. The first-order valence-corrected chi connectivity index (χ1v) is 13.2. The molecule has 0 aliphatic heterocycles. The predicted octanol–water partition coefficient (Wildman–Crippen LogP) is 3.68. The normalized spacial score (nSPS) is 12.3. The van der Waals surface area contributed by atoms with Gasteiger partial charge in [-0.1, -0.05) is 54.9 Å². The summed E-state index contributed by atoms with van der Waals surface area (Å²) in [5.41, 5.74) is 9.17. The van der Waals surface area contributed by atoms with Crippen molar-refractivity contribution in [1.82, 2.24) is 5.32 Å². The molecular formula is C29H33ClN4O7. The monoisotopic (exact) mass is 584 g/mol. The highest BCUT2D eigenvalue weighted by atomic mass is 35.5. The molecule has 3 aromatic carbocycles. The number of anilines is 2. The first kappa shape index (κ1) is 31.4. The molecule has 41 heavy (non-hydrogen) atoms. The summed E-state index contributed by atoms with van der Waals surface area (Å²) in [5.74, 6) is 3.50. The minimum absolute atomic E-state index is 0.142. The number of carboxylic acid groups (broad SMARTS) is 1. The van der Waals surface area contributed by atoms with Crippen LogP contribution in [0.15, 0.2) is 66.7 Å². The number of rotatable bonds is 14. The molecule has 0 bridgehead atoms. The lowest BCUT2D eigenvalue weighted by molar-refractivity contribution is -0.157. The zero-order valence-electron chi connectivity index (χ0n) is 22.5. The molecular weight excluding hydrogens is 552 g/mol. The highest BCUT2D eigenvalue weighted by Crippen LogP contribution is 2.25. The summed E-state index contributed by atoms with van der Waals surface area (Å²) in [4.78, 5) is 41.2. The Hall–Kier alpha value is -4.16. The van der Waals surface area contributed by atoms with Gasteiger partial charge < -0.3 is 26.0 Å². The number of hydrogen-bond donors (Lipinski definition) is 5. The van der Waals surface area contributed by atoms with Gasteiger partial charge in [0.05, 0.1) is 5.69 Å². The van der Waals surface area contributed by atoms with E-state index >= 15 is 0 Å². The van der Waals surface area contributed by atoms with Crippen LogP contribution in [0.3, 0.4) is 0 Å². The van der Waals surface area contributed by atoms with E-state index in [1.807, 2.05) is 49.4 Å². The van der Waals surface area contributed by atoms with Crippen LogP contribution in [0.2, 0.25) is 5.02 Å². The molecule has 0 aliphatic rings. The van der Waals surface area contributed by atoms with E-state index in [1.54, 1.807) is 6.07 Å². The number of carbonyl (C=O) groups is 3. The van der Waals surface area contributed by atoms with Crippen molar-refractivity contribution < 1.29 is 34.2 Å². The molecule has 0 aliphatic carbocycles. The van der Waals surface area contributed by atoms with Gasteiger partial charge in [-0.3, -0.25) is 9.59 Å². The molecule has 1 unspecified atom stereocenters. The number of aliphatic hydroxyl groups excluding tert-OH is 1. The Morgan fingerprint density at radius 3 is 2.44 bits per heavy atom. The van der Waals surface area contributed by atoms with E-state index in [4.69, 9.17) is 32.8 Å². The largest absolute Gasteiger partial charge is 0.479 e. The van der Waals surface area contributed by atoms with Crippen molar-refractivity contribution in [2.75, 3.05) is 17.7 Å². The Balaban J connectivity index is 1.72. The lowest BCUT2D eigenvalue weighted by Crippen LogP contribution is -2.40. The van der Waals surface area contributed by atoms with Gasteiger partial charge in [-0.05, 0) is 59.9 Å². The lowest BCUT2D eigenvalue weighted by atomic mass is 9.97. The molecule has 2 atom stereocenters. The number of aliphatic carboxylic acids is 1. The highest BCUT2D eigenvalue weighted by Gasteiger charge is 2.23. The molecule has 218 valence electrons. The standard InChI is InChI=1S/C29H33ClN4O7/c1-2-4-27(36)40-17-41-34(32)25-15-21(11-12-24(25)31)28(37)33-23(16-26(35)29(38)39)13-18-7-9-19(10-8-18)20-5-3-6-22(30)14-20/h3,5-12,14-15,23,26,35H,2,4,13,16-17,31-32H2,1H3,(H,33,37)(H,38,39)/t23-,26?/m1/s1. The van der Waals surface area contributed by atoms with Crippen molar-refractivity contribution >= 4 is 40.8 Å². The number of halogens is 1. The van der Waals surface area contributed by atoms with E-state index in [0.29, 0.717) is 11.4 Å². The number of nitrogens with two attached hydrogens (primary N) is 2. The summed E-state index contributed by atoms with van der Waals surface area (Å²) in [5, 5.41) is 23.5. The molecule has 0 aromatic heterocycles. The number of nitrogens with zero attached hydrogens (tertiary/aromatic N) is 1. The SMILES string of the molecule is CCCC(=O)OCON(N)c1cc(C(=O)N[C@H](Cc2ccc(-c3cccc(Cl)c3)cc2)CC(O)C(=O)O)ccc1N. The second-order valence-corrected chi connectivity index (χ2v) is 9.72. The van der Waals surface area contributed by atoms with Crippen molar-refractivity contribution in [3.63, 3.8) is 0 Å². The molecule has 0 spiro atoms. The molecule has 12 heteroatoms. The molecule has 1 amide bonds. The van der Waals surface area contributed by atoms with Gasteiger partial charge >= 0.3 is 11.9 Å². The van der Waals surface area contributed by atoms with E-state index in [0.717, 1.165) is 21.9 Å². The van der Waals surface area contributed by atoms with Gasteiger partial charge in [-0.25, -0.2) is 15.5 Å². The number of hydrazine groups is 1. The maximum absolute atomic E-state index is 13.2. The Morgan fingerprint density at radius 2 is 1.78 bits per heavy atom. The van der Waals surface area contributed by atoms with Crippen molar-refractivity contribution in [2.24, 2.45) is 5.84 Å². The fraction of sp³-hybridized carbons (Fsp3) is 0.276. The molecule has 7 N–H and O–H groups in total. The summed E-state index contributed by atoms with van der Waals surface area (Å²) < 4.78 is 4.91. The fourth-order valence-electron chi connectivity index (χ4n) is 3.99. The van der Waals surface area contributed by atoms with Crippen LogP contribution < -0.4 is 22.1 Å². The topological polar surface area (TPSA) is 177 Å². The zero-order chi connectivity index (χ0) is 29.9. The van der Waals surface area contributed by atoms with Gasteiger partial charge in [0, 0.05) is 29.5 Å². The third-order valence-corrected chi connectivity index (χ3v) is 6.35. The third kappa shape index (κ3) is 9.47. The number of benzene rings is 3. The molecule has 3 aromatic rings. The van der Waals surface area contributed by atoms with Crippen molar-refractivity contribution in [1.29, 1.82) is 0 Å². The van der Waals surface area contributed by atoms with Crippen LogP contribution in [0.4, 0.5) is 11.4 Å². The number of ether oxygens (including phenoxy) is 1. The van der Waals surface area contributed by atoms with E-state index in [-0.39, 0.29) is 36.2 Å². The van der Waals surface area contributed by atoms with Crippen LogP contribution in [0.5, 0.6) is 0 Å². The second kappa shape index (κ2) is 15.0. The van der Waals surface area contributed by atoms with Gasteiger partial charge in [-0.2, -0.15) is 5.17 Å². The van der Waals surface area contributed by atoms with Gasteiger partial charge in [-0.15, -0.1) is 0 Å². The van der Waals surface area contributed by atoms with Gasteiger partial charge in [0.2, 0.25) is 6.79 Å². The van der Waals surface area contributed by atoms with Gasteiger partial charge in [0.1, 0.15) is 5.69 Å². The number of hydrogen-bond acceptors (Lipinski definition) is 9. The second-order valence-electron chi connectivity index (χ2n) is 9.28. The number of nitrogen functional groups attached to an aromatic ring is 1. The van der Waals surface area contributed by atoms with Crippen LogP contribution in [0.25, 0.3) is 11.1 Å². The van der Waals surface area contributed by atoms with E-state index in [2.05, 4.69) is 5.32 Å². The van der Waals surface area contributed by atoms with Crippen LogP contribution in [0, 0.1) is 0 Å². The summed E-state index contributed by atoms with van der Waals surface area (Å²) in [6.45, 7) is 1.39. The average molecular weight is 585 g/mol. The Morgan fingerprint density at radius 1 is 1.05 bits per heavy atom. The third-order valence-electron chi connectivity index (χ3n) is 6.12. The Labute approximate surface area is 242 Å². The molecule has 3 rings (SSSR count). The smallest absolute Gasteiger partial charge is 0.332 e. The fourth-order valence-corrected chi connectivity index (χ4v) is 4.18. The van der Waals surface area contributed by atoms with E-state index < -0.39 is 36.8 Å². The van der Waals surface area contributed by atoms with Crippen LogP contribution in [-0.4, -0.2) is 47.0 Å². The summed E-state index contributed by atoms with van der Waals surface area (Å²) in [6.07, 6.45) is -0.808. The van der Waals surface area contributed by atoms with Gasteiger partial charge in [0.25, 0.3) is 5.91 Å². The summed E-state index contributed by atoms with van der Waals surface area (Å²) in [7, 11) is 0. The molecule has 0 heterocycles. The van der Waals surface area contributed by atoms with Crippen molar-refractivity contribution in [2.45, 2.75) is 44.8 Å². The quantitative estimate of drug-likeness (QED) is 0.0617. The van der Waals surface area contributed by atoms with E-state index in [1.165, 1.54) is 18.2 Å². The number of amides is 1. The molecule has 0 saturated carbocycles. The summed E-state index contributed by atoms with van der Waals surface area (Å²) >= 11 is 6.09. The minimum atomic E-state index is -1.68. The van der Waals surface area contributed by atoms with Crippen LogP contribution in [-0.2, 0) is 25.6 Å².